The van der Waals surface area contributed by atoms with Gasteiger partial charge in [0.2, 0.25) is 5.88 Å². The van der Waals surface area contributed by atoms with Gasteiger partial charge in [-0.1, -0.05) is 72.3 Å². The molecule has 184 valence electrons. The fourth-order valence-electron chi connectivity index (χ4n) is 5.10. The number of hydrogen-bond acceptors (Lipinski definition) is 5. The van der Waals surface area contributed by atoms with Crippen LogP contribution in [0.15, 0.2) is 102 Å². The van der Waals surface area contributed by atoms with Crippen LogP contribution in [0, 0.1) is 6.07 Å². The standard InChI is InChI=1S/C31H21N2O3.Pt/c34-26-14-6-8-19-15-16-28(32-29(19)26)35-22-10-5-9-21(17-22)31-33-30-25-13-4-3-12-24(25)23-11-2-1-7-20(23)18-27(30)36-31;/h1-16,27,30,34H,18H2;/q-1;/t27-,30-;/m0./s1. The second-order valence-corrected chi connectivity index (χ2v) is 9.01. The molecule has 5 nitrogen and oxygen atoms in total. The van der Waals surface area contributed by atoms with Gasteiger partial charge in [0.05, 0.1) is 0 Å². The summed E-state index contributed by atoms with van der Waals surface area (Å²) in [5, 5.41) is 11.0. The number of fused-ring (bicyclic) bond motifs is 6. The van der Waals surface area contributed by atoms with Crippen molar-refractivity contribution in [2.45, 2.75) is 18.6 Å². The van der Waals surface area contributed by atoms with E-state index in [2.05, 4.69) is 59.6 Å². The molecule has 0 unspecified atom stereocenters. The normalized spacial score (nSPS) is 17.4. The molecule has 2 heterocycles. The van der Waals surface area contributed by atoms with Crippen molar-refractivity contribution in [2.75, 3.05) is 0 Å². The van der Waals surface area contributed by atoms with Gasteiger partial charge in [-0.25, -0.2) is 4.98 Å². The van der Waals surface area contributed by atoms with E-state index in [0.717, 1.165) is 17.4 Å². The number of para-hydroxylation sites is 1. The van der Waals surface area contributed by atoms with E-state index in [1.54, 1.807) is 18.2 Å². The Morgan fingerprint density at radius 2 is 1.65 bits per heavy atom. The van der Waals surface area contributed by atoms with Crippen LogP contribution in [0.25, 0.3) is 22.0 Å². The van der Waals surface area contributed by atoms with Crippen molar-refractivity contribution >= 4 is 16.8 Å². The summed E-state index contributed by atoms with van der Waals surface area (Å²) in [5.41, 5.74) is 6.12. The number of phenols is 1. The fourth-order valence-corrected chi connectivity index (χ4v) is 5.10. The maximum atomic E-state index is 10.1. The van der Waals surface area contributed by atoms with Gasteiger partial charge in [0.25, 0.3) is 0 Å². The minimum absolute atomic E-state index is 0. The first-order valence-corrected chi connectivity index (χ1v) is 11.9. The van der Waals surface area contributed by atoms with E-state index in [1.165, 1.54) is 22.3 Å². The van der Waals surface area contributed by atoms with E-state index in [1.807, 2.05) is 30.3 Å². The molecule has 1 N–H and O–H groups in total. The number of nitrogens with zero attached hydrogens (tertiary/aromatic N) is 2. The van der Waals surface area contributed by atoms with Gasteiger partial charge in [-0.2, -0.15) is 0 Å². The molecule has 1 aromatic heterocycles. The largest absolute Gasteiger partial charge is 0.514 e. The second kappa shape index (κ2) is 9.49. The second-order valence-electron chi connectivity index (χ2n) is 9.01. The molecule has 4 aromatic carbocycles. The van der Waals surface area contributed by atoms with Crippen molar-refractivity contribution in [1.82, 2.24) is 4.98 Å². The molecule has 0 saturated carbocycles. The Morgan fingerprint density at radius 3 is 2.57 bits per heavy atom. The molecular formula is C31H21N2O3Pt-. The first-order chi connectivity index (χ1) is 17.7. The Hall–Kier alpha value is -3.95. The smallest absolute Gasteiger partial charge is 0.217 e. The van der Waals surface area contributed by atoms with Crippen molar-refractivity contribution in [3.63, 3.8) is 0 Å². The van der Waals surface area contributed by atoms with Crippen LogP contribution in [-0.2, 0) is 32.2 Å². The van der Waals surface area contributed by atoms with E-state index in [9.17, 15) is 5.11 Å². The van der Waals surface area contributed by atoms with Crippen LogP contribution >= 0.6 is 0 Å². The molecule has 0 fully saturated rings. The number of phenolic OH excluding ortho intramolecular Hbond substituents is 1. The third-order valence-corrected chi connectivity index (χ3v) is 6.77. The average Bonchev–Trinajstić information content (AvgIpc) is 3.28. The van der Waals surface area contributed by atoms with Crippen molar-refractivity contribution in [1.29, 1.82) is 0 Å². The SMILES string of the molecule is Oc1cccc2ccc(Oc3[c-]c(C4=N[C@H]5c6ccccc6-c6ccccc6C[C@@H]5O4)ccc3)nc12.[Pt]. The Morgan fingerprint density at radius 1 is 0.838 bits per heavy atom. The van der Waals surface area contributed by atoms with Crippen molar-refractivity contribution in [2.24, 2.45) is 4.99 Å². The summed E-state index contributed by atoms with van der Waals surface area (Å²) in [6.45, 7) is 0. The summed E-state index contributed by atoms with van der Waals surface area (Å²) in [5.74, 6) is 1.56. The molecule has 7 rings (SSSR count). The first-order valence-electron chi connectivity index (χ1n) is 11.9. The van der Waals surface area contributed by atoms with Crippen LogP contribution in [0.3, 0.4) is 0 Å². The zero-order valence-corrected chi connectivity index (χ0v) is 21.8. The summed E-state index contributed by atoms with van der Waals surface area (Å²) < 4.78 is 12.4. The minimum Gasteiger partial charge on any atom is -0.514 e. The summed E-state index contributed by atoms with van der Waals surface area (Å²) in [4.78, 5) is 9.48. The van der Waals surface area contributed by atoms with E-state index < -0.39 is 0 Å². The van der Waals surface area contributed by atoms with Crippen LogP contribution in [-0.4, -0.2) is 22.1 Å². The third kappa shape index (κ3) is 4.20. The number of aliphatic imine (C=N–C) groups is 1. The third-order valence-electron chi connectivity index (χ3n) is 6.77. The Kier molecular flexibility index (Phi) is 6.02. The number of benzene rings is 4. The molecule has 6 heteroatoms. The van der Waals surface area contributed by atoms with Gasteiger partial charge in [-0.05, 0) is 34.4 Å². The summed E-state index contributed by atoms with van der Waals surface area (Å²) in [6.07, 6.45) is 0.691. The Labute approximate surface area is 228 Å². The van der Waals surface area contributed by atoms with Crippen LogP contribution in [0.5, 0.6) is 17.4 Å². The number of hydrogen-bond donors (Lipinski definition) is 1. The van der Waals surface area contributed by atoms with E-state index in [4.69, 9.17) is 14.5 Å². The van der Waals surface area contributed by atoms with Crippen molar-refractivity contribution in [3.8, 4) is 28.5 Å². The van der Waals surface area contributed by atoms with Crippen molar-refractivity contribution in [3.05, 3.63) is 120 Å². The number of aromatic nitrogens is 1. The van der Waals surface area contributed by atoms with Crippen molar-refractivity contribution < 1.29 is 35.6 Å². The average molecular weight is 665 g/mol. The summed E-state index contributed by atoms with van der Waals surface area (Å²) in [7, 11) is 0. The maximum Gasteiger partial charge on any atom is 0.217 e. The van der Waals surface area contributed by atoms with Gasteiger partial charge in [0.1, 0.15) is 29.3 Å². The van der Waals surface area contributed by atoms with Gasteiger partial charge < -0.3 is 14.6 Å². The fraction of sp³-hybridized carbons (Fsp3) is 0.0968. The molecule has 0 spiro atoms. The monoisotopic (exact) mass is 664 g/mol. The van der Waals surface area contributed by atoms with Gasteiger partial charge in [0.15, 0.2) is 0 Å². The first kappa shape index (κ1) is 23.4. The van der Waals surface area contributed by atoms with Crippen LogP contribution in [0.2, 0.25) is 0 Å². The maximum absolute atomic E-state index is 10.1. The molecule has 1 aliphatic carbocycles. The quantitative estimate of drug-likeness (QED) is 0.220. The Bertz CT molecular complexity index is 1670. The molecule has 5 aromatic rings. The summed E-state index contributed by atoms with van der Waals surface area (Å²) >= 11 is 0. The van der Waals surface area contributed by atoms with E-state index >= 15 is 0 Å². The Balaban J connectivity index is 0.00000252. The number of aromatic hydroxyl groups is 1. The zero-order valence-electron chi connectivity index (χ0n) is 19.6. The molecule has 0 saturated heterocycles. The number of pyridine rings is 1. The van der Waals surface area contributed by atoms with Gasteiger partial charge >= 0.3 is 0 Å². The molecular weight excluding hydrogens is 643 g/mol. The van der Waals surface area contributed by atoms with Gasteiger partial charge in [0, 0.05) is 44.7 Å². The molecule has 2 atom stereocenters. The summed E-state index contributed by atoms with van der Waals surface area (Å²) in [6, 6.07) is 34.7. The van der Waals surface area contributed by atoms with Crippen LogP contribution < -0.4 is 4.74 Å². The topological polar surface area (TPSA) is 63.9 Å². The molecule has 1 aliphatic heterocycles. The van der Waals surface area contributed by atoms with E-state index in [0.29, 0.717) is 23.0 Å². The van der Waals surface area contributed by atoms with Gasteiger partial charge in [-0.3, -0.25) is 4.99 Å². The molecule has 0 bridgehead atoms. The molecule has 0 amide bonds. The van der Waals surface area contributed by atoms with E-state index in [-0.39, 0.29) is 39.0 Å². The predicted octanol–water partition coefficient (Wildman–Crippen LogP) is 6.64. The zero-order chi connectivity index (χ0) is 24.1. The van der Waals surface area contributed by atoms with Gasteiger partial charge in [-0.15, -0.1) is 18.2 Å². The predicted molar refractivity (Wildman–Crippen MR) is 138 cm³/mol. The minimum atomic E-state index is -0.0910. The molecule has 37 heavy (non-hydrogen) atoms. The van der Waals surface area contributed by atoms with Crippen LogP contribution in [0.4, 0.5) is 0 Å². The molecule has 2 aliphatic rings. The van der Waals surface area contributed by atoms with Crippen LogP contribution in [0.1, 0.15) is 22.7 Å². The number of rotatable bonds is 3. The molecule has 0 radical (unpaired) electrons. The number of ether oxygens (including phenoxy) is 2.